The van der Waals surface area contributed by atoms with Gasteiger partial charge in [0.15, 0.2) is 11.5 Å². The molecule has 164 valence electrons. The Morgan fingerprint density at radius 1 is 0.931 bits per heavy atom. The highest BCUT2D eigenvalue weighted by Gasteiger charge is 2.10. The number of benzene rings is 2. The summed E-state index contributed by atoms with van der Waals surface area (Å²) in [5, 5.41) is 16.4. The van der Waals surface area contributed by atoms with E-state index >= 15 is 0 Å². The zero-order valence-corrected chi connectivity index (χ0v) is 19.4. The summed E-state index contributed by atoms with van der Waals surface area (Å²) in [4.78, 5) is 0. The molecule has 2 aromatic rings. The number of aliphatic hydroxyl groups is 1. The molecular formula is C20H28Cl4N2O3. The second kappa shape index (κ2) is 15.9. The zero-order valence-electron chi connectivity index (χ0n) is 16.2. The summed E-state index contributed by atoms with van der Waals surface area (Å²) in [6, 6.07) is 11.2. The fourth-order valence-corrected chi connectivity index (χ4v) is 3.04. The fraction of sp³-hybridized carbons (Fsp3) is 0.400. The van der Waals surface area contributed by atoms with Crippen molar-refractivity contribution in [2.45, 2.75) is 19.6 Å². The molecule has 0 fully saturated rings. The van der Waals surface area contributed by atoms with Crippen molar-refractivity contribution in [2.75, 3.05) is 33.4 Å². The molecule has 0 aliphatic heterocycles. The molecule has 0 saturated carbocycles. The molecule has 0 aliphatic rings. The molecule has 29 heavy (non-hydrogen) atoms. The Bertz CT molecular complexity index is 700. The molecule has 2 aromatic carbocycles. The van der Waals surface area contributed by atoms with Crippen LogP contribution in [0, 0.1) is 0 Å². The number of nitrogens with one attached hydrogen (secondary N) is 2. The number of halogens is 4. The maximum Gasteiger partial charge on any atom is 0.161 e. The third kappa shape index (κ3) is 9.62. The molecular weight excluding hydrogens is 458 g/mol. The Morgan fingerprint density at radius 2 is 1.62 bits per heavy atom. The smallest absolute Gasteiger partial charge is 0.161 e. The van der Waals surface area contributed by atoms with Crippen LogP contribution in [-0.4, -0.2) is 38.5 Å². The van der Waals surface area contributed by atoms with Gasteiger partial charge < -0.3 is 25.2 Å². The molecule has 0 unspecified atom stereocenters. The van der Waals surface area contributed by atoms with Gasteiger partial charge in [0.2, 0.25) is 0 Å². The minimum atomic E-state index is 0. The average molecular weight is 486 g/mol. The topological polar surface area (TPSA) is 62.8 Å². The van der Waals surface area contributed by atoms with Crippen molar-refractivity contribution in [2.24, 2.45) is 0 Å². The van der Waals surface area contributed by atoms with Crippen LogP contribution >= 0.6 is 48.0 Å². The van der Waals surface area contributed by atoms with E-state index in [1.807, 2.05) is 18.2 Å². The van der Waals surface area contributed by atoms with Gasteiger partial charge >= 0.3 is 0 Å². The van der Waals surface area contributed by atoms with Crippen LogP contribution < -0.4 is 20.1 Å². The van der Waals surface area contributed by atoms with Crippen LogP contribution in [0.15, 0.2) is 36.4 Å². The van der Waals surface area contributed by atoms with Crippen molar-refractivity contribution in [3.05, 3.63) is 57.6 Å². The fourth-order valence-electron chi connectivity index (χ4n) is 2.54. The van der Waals surface area contributed by atoms with E-state index in [2.05, 4.69) is 10.6 Å². The van der Waals surface area contributed by atoms with Gasteiger partial charge in [-0.05, 0) is 49.3 Å². The Hall–Kier alpha value is -0.920. The number of ether oxygens (including phenoxy) is 2. The molecule has 3 N–H and O–H groups in total. The van der Waals surface area contributed by atoms with Crippen LogP contribution in [0.5, 0.6) is 11.5 Å². The maximum absolute atomic E-state index is 8.71. The first-order valence-corrected chi connectivity index (χ1v) is 9.66. The Balaban J connectivity index is 0.00000392. The summed E-state index contributed by atoms with van der Waals surface area (Å²) in [7, 11) is 1.62. The zero-order chi connectivity index (χ0) is 19.5. The van der Waals surface area contributed by atoms with E-state index in [1.54, 1.807) is 25.3 Å². The molecule has 0 radical (unpaired) electrons. The van der Waals surface area contributed by atoms with E-state index in [4.69, 9.17) is 37.8 Å². The third-order valence-electron chi connectivity index (χ3n) is 3.99. The van der Waals surface area contributed by atoms with Crippen molar-refractivity contribution >= 4 is 48.0 Å². The van der Waals surface area contributed by atoms with E-state index < -0.39 is 0 Å². The van der Waals surface area contributed by atoms with Crippen molar-refractivity contribution in [3.8, 4) is 11.5 Å². The van der Waals surface area contributed by atoms with E-state index in [0.717, 1.165) is 37.2 Å². The molecule has 2 rings (SSSR count). The molecule has 0 aromatic heterocycles. The molecule has 0 atom stereocenters. The molecule has 5 nitrogen and oxygen atoms in total. The van der Waals surface area contributed by atoms with Crippen LogP contribution in [0.25, 0.3) is 0 Å². The van der Waals surface area contributed by atoms with Gasteiger partial charge in [-0.1, -0.05) is 35.3 Å². The van der Waals surface area contributed by atoms with E-state index in [0.29, 0.717) is 28.1 Å². The lowest BCUT2D eigenvalue weighted by Crippen LogP contribution is -2.23. The van der Waals surface area contributed by atoms with Crippen molar-refractivity contribution in [1.82, 2.24) is 10.6 Å². The lowest BCUT2D eigenvalue weighted by Gasteiger charge is -2.14. The molecule has 9 heteroatoms. The van der Waals surface area contributed by atoms with Crippen LogP contribution in [-0.2, 0) is 13.2 Å². The van der Waals surface area contributed by atoms with Crippen molar-refractivity contribution in [1.29, 1.82) is 0 Å². The highest BCUT2D eigenvalue weighted by molar-refractivity contribution is 6.35. The standard InChI is InChI=1S/C20H26Cl2N2O3.2ClH/c1-26-20-12-15(13-24-9-3-8-23-10-11-25)6-7-19(20)27-14-16-17(21)4-2-5-18(16)22;;/h2,4-7,12,23-25H,3,8-11,13-14H2,1H3;2*1H. The molecule has 0 heterocycles. The maximum atomic E-state index is 8.71. The summed E-state index contributed by atoms with van der Waals surface area (Å²) < 4.78 is 11.3. The van der Waals surface area contributed by atoms with Crippen molar-refractivity contribution in [3.63, 3.8) is 0 Å². The van der Waals surface area contributed by atoms with Gasteiger partial charge in [-0.3, -0.25) is 0 Å². The van der Waals surface area contributed by atoms with Crippen LogP contribution in [0.1, 0.15) is 17.5 Å². The Kier molecular flexibility index (Phi) is 15.4. The first-order valence-electron chi connectivity index (χ1n) is 8.90. The van der Waals surface area contributed by atoms with E-state index in [9.17, 15) is 0 Å². The van der Waals surface area contributed by atoms with Gasteiger partial charge in [-0.2, -0.15) is 0 Å². The summed E-state index contributed by atoms with van der Waals surface area (Å²) in [6.45, 7) is 3.60. The largest absolute Gasteiger partial charge is 0.493 e. The van der Waals surface area contributed by atoms with E-state index in [1.165, 1.54) is 0 Å². The number of methoxy groups -OCH3 is 1. The second-order valence-corrected chi connectivity index (χ2v) is 6.79. The van der Waals surface area contributed by atoms with Gasteiger partial charge in [0.1, 0.15) is 6.61 Å². The first kappa shape index (κ1) is 28.1. The Morgan fingerprint density at radius 3 is 2.28 bits per heavy atom. The molecule has 0 bridgehead atoms. The highest BCUT2D eigenvalue weighted by Crippen LogP contribution is 2.31. The Labute approximate surface area is 194 Å². The number of rotatable bonds is 12. The van der Waals surface area contributed by atoms with Crippen molar-refractivity contribution < 1.29 is 14.6 Å². The number of aliphatic hydroxyl groups excluding tert-OH is 1. The van der Waals surface area contributed by atoms with Gasteiger partial charge in [-0.15, -0.1) is 24.8 Å². The molecule has 0 saturated heterocycles. The predicted octanol–water partition coefficient (Wildman–Crippen LogP) is 4.49. The number of hydrogen-bond acceptors (Lipinski definition) is 5. The van der Waals surface area contributed by atoms with Crippen LogP contribution in [0.4, 0.5) is 0 Å². The normalized spacial score (nSPS) is 10.1. The minimum Gasteiger partial charge on any atom is -0.493 e. The molecule has 0 amide bonds. The molecule has 0 spiro atoms. The summed E-state index contributed by atoms with van der Waals surface area (Å²) >= 11 is 12.4. The third-order valence-corrected chi connectivity index (χ3v) is 4.69. The minimum absolute atomic E-state index is 0. The first-order chi connectivity index (χ1) is 13.2. The van der Waals surface area contributed by atoms with Gasteiger partial charge in [0.05, 0.1) is 13.7 Å². The van der Waals surface area contributed by atoms with Gasteiger partial charge in [0.25, 0.3) is 0 Å². The monoisotopic (exact) mass is 484 g/mol. The average Bonchev–Trinajstić information content (AvgIpc) is 2.67. The summed E-state index contributed by atoms with van der Waals surface area (Å²) in [6.07, 6.45) is 0.997. The molecule has 0 aliphatic carbocycles. The summed E-state index contributed by atoms with van der Waals surface area (Å²) in [5.74, 6) is 1.31. The SMILES string of the molecule is COc1cc(CNCCCNCCO)ccc1OCc1c(Cl)cccc1Cl.Cl.Cl. The highest BCUT2D eigenvalue weighted by atomic mass is 35.5. The lowest BCUT2D eigenvalue weighted by molar-refractivity contribution is 0.284. The van der Waals surface area contributed by atoms with Gasteiger partial charge in [0, 0.05) is 28.7 Å². The number of hydrogen-bond donors (Lipinski definition) is 3. The van der Waals surface area contributed by atoms with Gasteiger partial charge in [-0.25, -0.2) is 0 Å². The van der Waals surface area contributed by atoms with Crippen LogP contribution in [0.2, 0.25) is 10.0 Å². The quantitative estimate of drug-likeness (QED) is 0.386. The van der Waals surface area contributed by atoms with E-state index in [-0.39, 0.29) is 38.0 Å². The lowest BCUT2D eigenvalue weighted by atomic mass is 10.2. The second-order valence-electron chi connectivity index (χ2n) is 5.98. The predicted molar refractivity (Wildman–Crippen MR) is 125 cm³/mol. The summed E-state index contributed by atoms with van der Waals surface area (Å²) in [5.41, 5.74) is 1.86. The van der Waals surface area contributed by atoms with Crippen LogP contribution in [0.3, 0.4) is 0 Å².